The number of fused-ring (bicyclic) bond motifs is 1. The highest BCUT2D eigenvalue weighted by Gasteiger charge is 2.35. The summed E-state index contributed by atoms with van der Waals surface area (Å²) >= 11 is 0. The highest BCUT2D eigenvalue weighted by molar-refractivity contribution is 5.72. The van der Waals surface area contributed by atoms with Crippen LogP contribution in [0, 0.1) is 5.92 Å². The summed E-state index contributed by atoms with van der Waals surface area (Å²) < 4.78 is 57.4. The third kappa shape index (κ3) is 4.87. The molecule has 0 bridgehead atoms. The quantitative estimate of drug-likeness (QED) is 0.526. The SMILES string of the molecule is COc1cccc(Cn2c(OC3=CC(OC(F)(F)F)C(C)C=C3)nc3c2c(=O)n(C)c(=O)n3C)c1. The van der Waals surface area contributed by atoms with Crippen molar-refractivity contribution < 1.29 is 27.4 Å². The minimum absolute atomic E-state index is 0.0568. The molecule has 2 unspecified atom stereocenters. The van der Waals surface area contributed by atoms with Crippen molar-refractivity contribution in [1.82, 2.24) is 18.7 Å². The van der Waals surface area contributed by atoms with Crippen LogP contribution in [0.3, 0.4) is 0 Å². The lowest BCUT2D eigenvalue weighted by Gasteiger charge is -2.24. The van der Waals surface area contributed by atoms with Crippen LogP contribution in [0.4, 0.5) is 13.2 Å². The molecular weight excluding hydrogens is 469 g/mol. The third-order valence-electron chi connectivity index (χ3n) is 5.68. The van der Waals surface area contributed by atoms with Gasteiger partial charge in [-0.1, -0.05) is 25.1 Å². The number of allylic oxidation sites excluding steroid dienone is 1. The summed E-state index contributed by atoms with van der Waals surface area (Å²) in [7, 11) is 4.33. The Morgan fingerprint density at radius 2 is 1.89 bits per heavy atom. The molecule has 1 aliphatic carbocycles. The molecule has 1 aromatic carbocycles. The minimum atomic E-state index is -4.82. The first-order chi connectivity index (χ1) is 16.5. The van der Waals surface area contributed by atoms with Crippen molar-refractivity contribution in [2.24, 2.45) is 20.0 Å². The van der Waals surface area contributed by atoms with Crippen LogP contribution in [0.2, 0.25) is 0 Å². The normalized spacial score (nSPS) is 18.1. The molecule has 0 fully saturated rings. The van der Waals surface area contributed by atoms with Gasteiger partial charge in [0.1, 0.15) is 11.5 Å². The maximum Gasteiger partial charge on any atom is 0.523 e. The fourth-order valence-electron chi connectivity index (χ4n) is 3.80. The lowest BCUT2D eigenvalue weighted by atomic mass is 9.99. The number of rotatable bonds is 6. The van der Waals surface area contributed by atoms with Crippen LogP contribution >= 0.6 is 0 Å². The van der Waals surface area contributed by atoms with Gasteiger partial charge in [0, 0.05) is 20.0 Å². The smallest absolute Gasteiger partial charge is 0.497 e. The number of aryl methyl sites for hydroxylation is 1. The van der Waals surface area contributed by atoms with E-state index in [0.29, 0.717) is 5.75 Å². The summed E-state index contributed by atoms with van der Waals surface area (Å²) in [6.07, 6.45) is -1.90. The molecule has 4 rings (SSSR count). The number of imidazole rings is 1. The van der Waals surface area contributed by atoms with Crippen molar-refractivity contribution in [2.45, 2.75) is 25.9 Å². The van der Waals surface area contributed by atoms with Gasteiger partial charge in [0.15, 0.2) is 11.2 Å². The van der Waals surface area contributed by atoms with E-state index in [1.165, 1.54) is 48.6 Å². The first-order valence-corrected chi connectivity index (χ1v) is 10.6. The maximum absolute atomic E-state index is 13.0. The molecule has 2 aromatic heterocycles. The topological polar surface area (TPSA) is 89.5 Å². The van der Waals surface area contributed by atoms with Crippen LogP contribution in [0.15, 0.2) is 57.8 Å². The number of alkyl halides is 3. The highest BCUT2D eigenvalue weighted by Crippen LogP contribution is 2.29. The average molecular weight is 492 g/mol. The Bertz CT molecular complexity index is 1450. The number of hydrogen-bond donors (Lipinski definition) is 0. The van der Waals surface area contributed by atoms with Crippen molar-refractivity contribution >= 4 is 11.2 Å². The molecule has 2 heterocycles. The molecule has 0 saturated carbocycles. The molecule has 0 aliphatic heterocycles. The highest BCUT2D eigenvalue weighted by atomic mass is 19.4. The van der Waals surface area contributed by atoms with Crippen molar-refractivity contribution in [3.05, 3.63) is 74.7 Å². The number of benzene rings is 1. The van der Waals surface area contributed by atoms with Crippen LogP contribution in [-0.2, 0) is 25.4 Å². The van der Waals surface area contributed by atoms with E-state index in [0.717, 1.165) is 10.1 Å². The predicted molar refractivity (Wildman–Crippen MR) is 120 cm³/mol. The summed E-state index contributed by atoms with van der Waals surface area (Å²) in [6, 6.07) is 7.03. The van der Waals surface area contributed by atoms with Crippen LogP contribution in [0.5, 0.6) is 11.8 Å². The van der Waals surface area contributed by atoms with Crippen molar-refractivity contribution in [3.63, 3.8) is 0 Å². The first-order valence-electron chi connectivity index (χ1n) is 10.6. The van der Waals surface area contributed by atoms with E-state index in [1.54, 1.807) is 31.2 Å². The maximum atomic E-state index is 13.0. The van der Waals surface area contributed by atoms with Crippen molar-refractivity contribution in [2.75, 3.05) is 7.11 Å². The second-order valence-electron chi connectivity index (χ2n) is 8.13. The van der Waals surface area contributed by atoms with E-state index >= 15 is 0 Å². The minimum Gasteiger partial charge on any atom is -0.497 e. The molecule has 0 spiro atoms. The van der Waals surface area contributed by atoms with Gasteiger partial charge in [-0.15, -0.1) is 13.2 Å². The van der Waals surface area contributed by atoms with Gasteiger partial charge >= 0.3 is 18.1 Å². The van der Waals surface area contributed by atoms with E-state index in [4.69, 9.17) is 9.47 Å². The van der Waals surface area contributed by atoms with Crippen molar-refractivity contribution in [3.8, 4) is 11.8 Å². The summed E-state index contributed by atoms with van der Waals surface area (Å²) in [4.78, 5) is 29.8. The number of methoxy groups -OCH3 is 1. The molecule has 12 heteroatoms. The van der Waals surface area contributed by atoms with Gasteiger partial charge < -0.3 is 9.47 Å². The number of aromatic nitrogens is 4. The lowest BCUT2D eigenvalue weighted by molar-refractivity contribution is -0.339. The number of halogens is 3. The zero-order valence-corrected chi connectivity index (χ0v) is 19.4. The van der Waals surface area contributed by atoms with E-state index in [-0.39, 0.29) is 29.5 Å². The van der Waals surface area contributed by atoms with Crippen molar-refractivity contribution in [1.29, 1.82) is 0 Å². The molecular formula is C23H23F3N4O5. The van der Waals surface area contributed by atoms with E-state index in [1.807, 2.05) is 0 Å². The monoisotopic (exact) mass is 492 g/mol. The summed E-state index contributed by atoms with van der Waals surface area (Å²) in [6.45, 7) is 1.70. The molecule has 3 aromatic rings. The number of ether oxygens (including phenoxy) is 3. The molecule has 9 nitrogen and oxygen atoms in total. The fourth-order valence-corrected chi connectivity index (χ4v) is 3.80. The second-order valence-corrected chi connectivity index (χ2v) is 8.13. The molecule has 0 amide bonds. The zero-order valence-electron chi connectivity index (χ0n) is 19.4. The number of nitrogens with zero attached hydrogens (tertiary/aromatic N) is 4. The van der Waals surface area contributed by atoms with E-state index in [2.05, 4.69) is 9.72 Å². The van der Waals surface area contributed by atoms with E-state index < -0.39 is 29.6 Å². The summed E-state index contributed by atoms with van der Waals surface area (Å²) in [5.74, 6) is 0.0998. The van der Waals surface area contributed by atoms with Gasteiger partial charge in [-0.05, 0) is 29.8 Å². The molecule has 2 atom stereocenters. The third-order valence-corrected chi connectivity index (χ3v) is 5.68. The fraction of sp³-hybridized carbons (Fsp3) is 0.348. The molecule has 1 aliphatic rings. The lowest BCUT2D eigenvalue weighted by Crippen LogP contribution is -2.37. The van der Waals surface area contributed by atoms with Gasteiger partial charge in [0.25, 0.3) is 5.56 Å². The Labute approximate surface area is 197 Å². The van der Waals surface area contributed by atoms with Crippen LogP contribution in [0.1, 0.15) is 12.5 Å². The summed E-state index contributed by atoms with van der Waals surface area (Å²) in [5, 5.41) is 0. The largest absolute Gasteiger partial charge is 0.523 e. The molecule has 0 saturated heterocycles. The Kier molecular flexibility index (Phi) is 6.32. The van der Waals surface area contributed by atoms with Gasteiger partial charge in [-0.3, -0.25) is 23.2 Å². The zero-order chi connectivity index (χ0) is 25.5. The number of hydrogen-bond acceptors (Lipinski definition) is 6. The van der Waals surface area contributed by atoms with Gasteiger partial charge in [-0.25, -0.2) is 4.79 Å². The Morgan fingerprint density at radius 3 is 2.57 bits per heavy atom. The summed E-state index contributed by atoms with van der Waals surface area (Å²) in [5.41, 5.74) is -0.251. The second kappa shape index (κ2) is 9.10. The van der Waals surface area contributed by atoms with Gasteiger partial charge in [-0.2, -0.15) is 4.98 Å². The van der Waals surface area contributed by atoms with Crippen LogP contribution < -0.4 is 20.7 Å². The first kappa shape index (κ1) is 24.3. The van der Waals surface area contributed by atoms with E-state index in [9.17, 15) is 22.8 Å². The van der Waals surface area contributed by atoms with Gasteiger partial charge in [0.05, 0.1) is 19.8 Å². The molecule has 0 N–H and O–H groups in total. The van der Waals surface area contributed by atoms with Gasteiger partial charge in [0.2, 0.25) is 0 Å². The standard InChI is InChI=1S/C23H23F3N4O5/c1-13-8-9-16(11-17(13)35-23(24,25)26)34-21-27-19-18(20(31)29(3)22(32)28(19)2)30(21)12-14-6-5-7-15(10-14)33-4/h5-11,13,17H,12H2,1-4H3. The molecule has 186 valence electrons. The van der Waals surface area contributed by atoms with Crippen LogP contribution in [-0.4, -0.2) is 38.3 Å². The average Bonchev–Trinajstić information content (AvgIpc) is 3.15. The Balaban J connectivity index is 1.83. The molecule has 35 heavy (non-hydrogen) atoms. The Morgan fingerprint density at radius 1 is 1.14 bits per heavy atom. The molecule has 0 radical (unpaired) electrons. The van der Waals surface area contributed by atoms with Crippen LogP contribution in [0.25, 0.3) is 11.2 Å². The predicted octanol–water partition coefficient (Wildman–Crippen LogP) is 2.86. The Hall–Kier alpha value is -3.80.